The molecular weight excluding hydrogens is 500 g/mol. The molecule has 0 fully saturated rings. The molecule has 0 aliphatic carbocycles. The van der Waals surface area contributed by atoms with Crippen LogP contribution in [0.3, 0.4) is 0 Å². The zero-order valence-corrected chi connectivity index (χ0v) is 20.4. The van der Waals surface area contributed by atoms with Crippen LogP contribution >= 0.6 is 15.9 Å². The van der Waals surface area contributed by atoms with Crippen molar-refractivity contribution >= 4 is 21.6 Å². The molecule has 7 nitrogen and oxygen atoms in total. The Hall–Kier alpha value is -3.36. The van der Waals surface area contributed by atoms with Crippen molar-refractivity contribution in [3.05, 3.63) is 81.8 Å². The van der Waals surface area contributed by atoms with E-state index in [0.717, 1.165) is 38.4 Å². The molecule has 3 aromatic rings. The van der Waals surface area contributed by atoms with Crippen molar-refractivity contribution in [2.75, 3.05) is 20.5 Å². The smallest absolute Gasteiger partial charge is 0.231 e. The van der Waals surface area contributed by atoms with Gasteiger partial charge in [0.1, 0.15) is 11.9 Å². The number of phenolic OH excluding ortho intramolecular Hbond substituents is 1. The van der Waals surface area contributed by atoms with E-state index in [4.69, 9.17) is 18.9 Å². The summed E-state index contributed by atoms with van der Waals surface area (Å²) in [6.45, 7) is 2.58. The van der Waals surface area contributed by atoms with Crippen molar-refractivity contribution in [3.8, 4) is 28.7 Å². The van der Waals surface area contributed by atoms with Crippen LogP contribution in [0, 0.1) is 0 Å². The van der Waals surface area contributed by atoms with Gasteiger partial charge in [0.25, 0.3) is 0 Å². The molecule has 2 heterocycles. The van der Waals surface area contributed by atoms with Gasteiger partial charge >= 0.3 is 0 Å². The monoisotopic (exact) mass is 524 g/mol. The van der Waals surface area contributed by atoms with Gasteiger partial charge in [0.15, 0.2) is 23.0 Å². The van der Waals surface area contributed by atoms with E-state index in [1.54, 1.807) is 13.2 Å². The van der Waals surface area contributed by atoms with Crippen LogP contribution in [0.1, 0.15) is 35.8 Å². The van der Waals surface area contributed by atoms with E-state index >= 15 is 0 Å². The van der Waals surface area contributed by atoms with E-state index in [-0.39, 0.29) is 24.8 Å². The van der Waals surface area contributed by atoms with Crippen LogP contribution in [-0.4, -0.2) is 25.6 Å². The maximum atomic E-state index is 10.9. The number of hydrogen-bond acceptors (Lipinski definition) is 7. The molecule has 0 saturated heterocycles. The quantitative estimate of drug-likeness (QED) is 0.405. The van der Waals surface area contributed by atoms with Gasteiger partial charge in [-0.3, -0.25) is 5.32 Å². The molecule has 2 atom stereocenters. The van der Waals surface area contributed by atoms with E-state index < -0.39 is 0 Å². The number of fused-ring (bicyclic) bond motifs is 1. The van der Waals surface area contributed by atoms with Crippen molar-refractivity contribution in [2.24, 2.45) is 0 Å². The van der Waals surface area contributed by atoms with E-state index in [2.05, 4.69) is 32.6 Å². The van der Waals surface area contributed by atoms with Gasteiger partial charge in [0, 0.05) is 16.8 Å². The van der Waals surface area contributed by atoms with Gasteiger partial charge in [-0.1, -0.05) is 18.2 Å². The Morgan fingerprint density at radius 2 is 1.91 bits per heavy atom. The van der Waals surface area contributed by atoms with Crippen LogP contribution in [0.25, 0.3) is 5.70 Å². The fourth-order valence-electron chi connectivity index (χ4n) is 4.17. The number of benzene rings is 3. The SMILES string of the molecule is CCOc1cccc(C2C=C(c3ccc4c(c3)OCO4)NC(c3ccc(OC)c(Br)c3)N2)c1O. The Kier molecular flexibility index (Phi) is 6.26. The minimum Gasteiger partial charge on any atom is -0.504 e. The summed E-state index contributed by atoms with van der Waals surface area (Å²) in [4.78, 5) is 0. The minimum absolute atomic E-state index is 0.125. The molecule has 2 unspecified atom stereocenters. The van der Waals surface area contributed by atoms with Gasteiger partial charge in [-0.2, -0.15) is 0 Å². The molecular formula is C26H25BrN2O5. The van der Waals surface area contributed by atoms with Gasteiger partial charge in [-0.15, -0.1) is 0 Å². The molecule has 0 radical (unpaired) electrons. The Labute approximate surface area is 206 Å². The predicted octanol–water partition coefficient (Wildman–Crippen LogP) is 5.26. The topological polar surface area (TPSA) is 81.2 Å². The number of rotatable bonds is 6. The van der Waals surface area contributed by atoms with Crippen LogP contribution in [0.5, 0.6) is 28.7 Å². The highest BCUT2D eigenvalue weighted by atomic mass is 79.9. The molecule has 176 valence electrons. The second-order valence-electron chi connectivity index (χ2n) is 7.89. The average Bonchev–Trinajstić information content (AvgIpc) is 3.33. The van der Waals surface area contributed by atoms with Gasteiger partial charge in [-0.25, -0.2) is 0 Å². The highest BCUT2D eigenvalue weighted by Crippen LogP contribution is 2.40. The van der Waals surface area contributed by atoms with E-state index in [0.29, 0.717) is 18.1 Å². The molecule has 0 saturated carbocycles. The van der Waals surface area contributed by atoms with Crippen LogP contribution in [0.4, 0.5) is 0 Å². The second kappa shape index (κ2) is 9.48. The highest BCUT2D eigenvalue weighted by molar-refractivity contribution is 9.10. The van der Waals surface area contributed by atoms with Crippen molar-refractivity contribution in [3.63, 3.8) is 0 Å². The zero-order valence-electron chi connectivity index (χ0n) is 18.8. The number of ether oxygens (including phenoxy) is 4. The summed E-state index contributed by atoms with van der Waals surface area (Å²) in [5.74, 6) is 2.78. The Balaban J connectivity index is 1.56. The van der Waals surface area contributed by atoms with Crippen LogP contribution in [-0.2, 0) is 0 Å². The van der Waals surface area contributed by atoms with Crippen molar-refractivity contribution in [2.45, 2.75) is 19.1 Å². The number of para-hydroxylation sites is 1. The summed E-state index contributed by atoms with van der Waals surface area (Å²) in [7, 11) is 1.64. The summed E-state index contributed by atoms with van der Waals surface area (Å²) in [5.41, 5.74) is 3.58. The first-order chi connectivity index (χ1) is 16.6. The fraction of sp³-hybridized carbons (Fsp3) is 0.231. The normalized spacial score (nSPS) is 18.7. The molecule has 0 spiro atoms. The maximum Gasteiger partial charge on any atom is 0.231 e. The lowest BCUT2D eigenvalue weighted by Crippen LogP contribution is -2.39. The summed E-state index contributed by atoms with van der Waals surface area (Å²) in [6.07, 6.45) is 1.81. The summed E-state index contributed by atoms with van der Waals surface area (Å²) < 4.78 is 22.9. The van der Waals surface area contributed by atoms with Gasteiger partial charge in [0.05, 0.1) is 24.2 Å². The molecule has 8 heteroatoms. The molecule has 5 rings (SSSR count). The lowest BCUT2D eigenvalue weighted by atomic mass is 9.97. The largest absolute Gasteiger partial charge is 0.504 e. The van der Waals surface area contributed by atoms with Gasteiger partial charge in [-0.05, 0) is 70.9 Å². The van der Waals surface area contributed by atoms with E-state index in [1.165, 1.54) is 0 Å². The number of aromatic hydroxyl groups is 1. The predicted molar refractivity (Wildman–Crippen MR) is 132 cm³/mol. The lowest BCUT2D eigenvalue weighted by molar-refractivity contribution is 0.174. The summed E-state index contributed by atoms with van der Waals surface area (Å²) in [6, 6.07) is 17.1. The number of nitrogens with one attached hydrogen (secondary N) is 2. The Morgan fingerprint density at radius 3 is 2.71 bits per heavy atom. The molecule has 3 N–H and O–H groups in total. The molecule has 0 aromatic heterocycles. The molecule has 2 aliphatic heterocycles. The molecule has 34 heavy (non-hydrogen) atoms. The summed E-state index contributed by atoms with van der Waals surface area (Å²) >= 11 is 3.58. The third kappa shape index (κ3) is 4.26. The Bertz CT molecular complexity index is 1250. The maximum absolute atomic E-state index is 10.9. The van der Waals surface area contributed by atoms with E-state index in [9.17, 15) is 5.11 Å². The molecule has 0 bridgehead atoms. The van der Waals surface area contributed by atoms with Gasteiger partial charge < -0.3 is 29.4 Å². The van der Waals surface area contributed by atoms with Crippen LogP contribution in [0.2, 0.25) is 0 Å². The lowest BCUT2D eigenvalue weighted by Gasteiger charge is -2.33. The standard InChI is InChI=1S/C26H25BrN2O5/c1-3-32-23-6-4-5-17(25(23)30)20-13-19(15-7-10-22-24(12-15)34-14-33-22)28-26(29-20)16-8-9-21(31-2)18(27)11-16/h4-13,20,26,28-30H,3,14H2,1-2H3. The first-order valence-corrected chi connectivity index (χ1v) is 11.8. The van der Waals surface area contributed by atoms with Crippen molar-refractivity contribution < 1.29 is 24.1 Å². The summed E-state index contributed by atoms with van der Waals surface area (Å²) in [5, 5.41) is 18.1. The number of phenols is 1. The number of halogens is 1. The Morgan fingerprint density at radius 1 is 1.06 bits per heavy atom. The van der Waals surface area contributed by atoms with Gasteiger partial charge in [0.2, 0.25) is 6.79 Å². The first kappa shape index (κ1) is 22.4. The van der Waals surface area contributed by atoms with Crippen molar-refractivity contribution in [1.29, 1.82) is 0 Å². The highest BCUT2D eigenvalue weighted by Gasteiger charge is 2.28. The molecule has 3 aromatic carbocycles. The zero-order chi connectivity index (χ0) is 23.7. The molecule has 0 amide bonds. The fourth-order valence-corrected chi connectivity index (χ4v) is 4.73. The van der Waals surface area contributed by atoms with E-state index in [1.807, 2.05) is 55.5 Å². The van der Waals surface area contributed by atoms with Crippen molar-refractivity contribution in [1.82, 2.24) is 10.6 Å². The number of methoxy groups -OCH3 is 1. The number of hydrogen-bond donors (Lipinski definition) is 3. The average molecular weight is 525 g/mol. The molecule has 2 aliphatic rings. The third-order valence-electron chi connectivity index (χ3n) is 5.84. The third-order valence-corrected chi connectivity index (χ3v) is 6.46. The first-order valence-electron chi connectivity index (χ1n) is 11.0. The van der Waals surface area contributed by atoms with Crippen LogP contribution in [0.15, 0.2) is 65.1 Å². The van der Waals surface area contributed by atoms with Crippen LogP contribution < -0.4 is 29.6 Å². The minimum atomic E-state index is -0.284. The second-order valence-corrected chi connectivity index (χ2v) is 8.75.